The van der Waals surface area contributed by atoms with Gasteiger partial charge in [0.05, 0.1) is 12.6 Å². The number of hydrogen-bond acceptors (Lipinski definition) is 3. The molecule has 0 fully saturated rings. The zero-order valence-electron chi connectivity index (χ0n) is 10.2. The molecule has 0 bridgehead atoms. The molecule has 0 radical (unpaired) electrons. The SMILES string of the molecule is COCC(C)N=C(NN)Nc1cc(Cl)cc(Cl)c1. The van der Waals surface area contributed by atoms with Gasteiger partial charge in [-0.25, -0.2) is 10.8 Å². The molecule has 0 heterocycles. The molecule has 1 aromatic rings. The maximum atomic E-state index is 5.90. The van der Waals surface area contributed by atoms with Crippen LogP contribution in [0.4, 0.5) is 5.69 Å². The van der Waals surface area contributed by atoms with Crippen LogP contribution in [-0.4, -0.2) is 25.7 Å². The van der Waals surface area contributed by atoms with Crippen LogP contribution in [0.25, 0.3) is 0 Å². The molecule has 0 saturated carbocycles. The van der Waals surface area contributed by atoms with E-state index in [0.717, 1.165) is 0 Å². The Balaban J connectivity index is 2.79. The molecule has 5 nitrogen and oxygen atoms in total. The standard InChI is InChI=1S/C11H16Cl2N4O/c1-7(6-18-2)15-11(17-14)16-10-4-8(12)3-9(13)5-10/h3-5,7H,6,14H2,1-2H3,(H2,15,16,17). The quantitative estimate of drug-likeness (QED) is 0.344. The number of guanidine groups is 1. The van der Waals surface area contributed by atoms with E-state index in [2.05, 4.69) is 15.7 Å². The number of methoxy groups -OCH3 is 1. The van der Waals surface area contributed by atoms with E-state index in [-0.39, 0.29) is 6.04 Å². The van der Waals surface area contributed by atoms with E-state index in [9.17, 15) is 0 Å². The van der Waals surface area contributed by atoms with E-state index >= 15 is 0 Å². The summed E-state index contributed by atoms with van der Waals surface area (Å²) in [5.41, 5.74) is 3.18. The van der Waals surface area contributed by atoms with Gasteiger partial charge in [-0.1, -0.05) is 23.2 Å². The Hall–Kier alpha value is -1.01. The topological polar surface area (TPSA) is 71.7 Å². The Labute approximate surface area is 116 Å². The van der Waals surface area contributed by atoms with Crippen molar-refractivity contribution in [3.63, 3.8) is 0 Å². The van der Waals surface area contributed by atoms with E-state index in [1.54, 1.807) is 25.3 Å². The summed E-state index contributed by atoms with van der Waals surface area (Å²) >= 11 is 11.8. The number of rotatable bonds is 4. The van der Waals surface area contributed by atoms with E-state index in [0.29, 0.717) is 28.3 Å². The number of nitrogens with zero attached hydrogens (tertiary/aromatic N) is 1. The highest BCUT2D eigenvalue weighted by Gasteiger charge is 2.04. The molecule has 1 rings (SSSR count). The van der Waals surface area contributed by atoms with Crippen molar-refractivity contribution >= 4 is 34.8 Å². The van der Waals surface area contributed by atoms with E-state index in [4.69, 9.17) is 33.8 Å². The smallest absolute Gasteiger partial charge is 0.210 e. The number of ether oxygens (including phenoxy) is 1. The number of hydrogen-bond donors (Lipinski definition) is 3. The molecule has 100 valence electrons. The Kier molecular flexibility index (Phi) is 6.21. The summed E-state index contributed by atoms with van der Waals surface area (Å²) in [6, 6.07) is 5.07. The summed E-state index contributed by atoms with van der Waals surface area (Å²) in [6.07, 6.45) is 0. The van der Waals surface area contributed by atoms with Crippen molar-refractivity contribution in [2.24, 2.45) is 10.8 Å². The number of hydrazine groups is 1. The zero-order chi connectivity index (χ0) is 13.5. The predicted octanol–water partition coefficient (Wildman–Crippen LogP) is 2.26. The van der Waals surface area contributed by atoms with Gasteiger partial charge in [0, 0.05) is 22.8 Å². The van der Waals surface area contributed by atoms with Gasteiger partial charge in [-0.05, 0) is 25.1 Å². The Morgan fingerprint density at radius 1 is 1.39 bits per heavy atom. The van der Waals surface area contributed by atoms with Gasteiger partial charge >= 0.3 is 0 Å². The van der Waals surface area contributed by atoms with Gasteiger partial charge in [0.2, 0.25) is 5.96 Å². The summed E-state index contributed by atoms with van der Waals surface area (Å²) < 4.78 is 4.99. The van der Waals surface area contributed by atoms with Crippen LogP contribution in [0.2, 0.25) is 10.0 Å². The van der Waals surface area contributed by atoms with Gasteiger partial charge in [0.1, 0.15) is 0 Å². The van der Waals surface area contributed by atoms with Gasteiger partial charge in [0.15, 0.2) is 0 Å². The first-order valence-electron chi connectivity index (χ1n) is 5.31. The molecule has 0 spiro atoms. The fourth-order valence-corrected chi connectivity index (χ4v) is 1.89. The second-order valence-corrected chi connectivity index (χ2v) is 4.58. The average Bonchev–Trinajstić information content (AvgIpc) is 2.27. The third-order valence-corrected chi connectivity index (χ3v) is 2.46. The highest BCUT2D eigenvalue weighted by molar-refractivity contribution is 6.35. The molecule has 0 saturated heterocycles. The summed E-state index contributed by atoms with van der Waals surface area (Å²) in [5.74, 6) is 5.81. The molecule has 1 unspecified atom stereocenters. The lowest BCUT2D eigenvalue weighted by molar-refractivity contribution is 0.185. The monoisotopic (exact) mass is 290 g/mol. The molecule has 0 aliphatic heterocycles. The van der Waals surface area contributed by atoms with Crippen molar-refractivity contribution in [2.75, 3.05) is 19.0 Å². The predicted molar refractivity (Wildman–Crippen MR) is 76.2 cm³/mol. The first-order valence-corrected chi connectivity index (χ1v) is 6.07. The summed E-state index contributed by atoms with van der Waals surface area (Å²) in [5, 5.41) is 4.06. The van der Waals surface area contributed by atoms with Crippen LogP contribution >= 0.6 is 23.2 Å². The molecule has 0 amide bonds. The number of halogens is 2. The fourth-order valence-electron chi connectivity index (χ4n) is 1.37. The maximum absolute atomic E-state index is 5.90. The van der Waals surface area contributed by atoms with Crippen molar-refractivity contribution in [1.29, 1.82) is 0 Å². The van der Waals surface area contributed by atoms with Crippen LogP contribution < -0.4 is 16.6 Å². The first-order chi connectivity index (χ1) is 8.55. The number of benzene rings is 1. The number of aliphatic imine (C=N–C) groups is 1. The Morgan fingerprint density at radius 3 is 2.50 bits per heavy atom. The maximum Gasteiger partial charge on any atom is 0.210 e. The van der Waals surface area contributed by atoms with Gasteiger partial charge in [-0.3, -0.25) is 5.43 Å². The van der Waals surface area contributed by atoms with Crippen LogP contribution in [0, 0.1) is 0 Å². The highest BCUT2D eigenvalue weighted by atomic mass is 35.5. The van der Waals surface area contributed by atoms with E-state index in [1.165, 1.54) is 0 Å². The van der Waals surface area contributed by atoms with E-state index in [1.807, 2.05) is 6.92 Å². The highest BCUT2D eigenvalue weighted by Crippen LogP contribution is 2.22. The molecular formula is C11H16Cl2N4O. The van der Waals surface area contributed by atoms with Crippen LogP contribution in [-0.2, 0) is 4.74 Å². The fraction of sp³-hybridized carbons (Fsp3) is 0.364. The molecule has 1 aromatic carbocycles. The number of nitrogens with two attached hydrogens (primary N) is 1. The van der Waals surface area contributed by atoms with Gasteiger partial charge in [-0.15, -0.1) is 0 Å². The Morgan fingerprint density at radius 2 is 2.00 bits per heavy atom. The van der Waals surface area contributed by atoms with Crippen LogP contribution in [0.3, 0.4) is 0 Å². The van der Waals surface area contributed by atoms with E-state index < -0.39 is 0 Å². The van der Waals surface area contributed by atoms with Crippen molar-refractivity contribution in [3.05, 3.63) is 28.2 Å². The Bertz CT molecular complexity index is 405. The lowest BCUT2D eigenvalue weighted by Gasteiger charge is -2.12. The number of anilines is 1. The summed E-state index contributed by atoms with van der Waals surface area (Å²) in [6.45, 7) is 2.41. The summed E-state index contributed by atoms with van der Waals surface area (Å²) in [7, 11) is 1.62. The molecule has 0 aliphatic rings. The summed E-state index contributed by atoms with van der Waals surface area (Å²) in [4.78, 5) is 4.30. The zero-order valence-corrected chi connectivity index (χ0v) is 11.7. The lowest BCUT2D eigenvalue weighted by Crippen LogP contribution is -2.37. The average molecular weight is 291 g/mol. The van der Waals surface area contributed by atoms with Gasteiger partial charge < -0.3 is 10.1 Å². The molecule has 1 atom stereocenters. The van der Waals surface area contributed by atoms with Crippen LogP contribution in [0.1, 0.15) is 6.92 Å². The molecule has 0 aliphatic carbocycles. The molecule has 7 heteroatoms. The van der Waals surface area contributed by atoms with Crippen molar-refractivity contribution in [1.82, 2.24) is 5.43 Å². The van der Waals surface area contributed by atoms with Crippen molar-refractivity contribution < 1.29 is 4.74 Å². The minimum absolute atomic E-state index is 0.0248. The minimum Gasteiger partial charge on any atom is -0.382 e. The second kappa shape index (κ2) is 7.43. The van der Waals surface area contributed by atoms with Gasteiger partial charge in [-0.2, -0.15) is 0 Å². The van der Waals surface area contributed by atoms with Crippen molar-refractivity contribution in [3.8, 4) is 0 Å². The molecule has 0 aromatic heterocycles. The third kappa shape index (κ3) is 5.10. The minimum atomic E-state index is -0.0248. The van der Waals surface area contributed by atoms with Crippen LogP contribution in [0.15, 0.2) is 23.2 Å². The molecule has 18 heavy (non-hydrogen) atoms. The number of nitrogens with one attached hydrogen (secondary N) is 2. The lowest BCUT2D eigenvalue weighted by atomic mass is 10.3. The van der Waals surface area contributed by atoms with Crippen molar-refractivity contribution in [2.45, 2.75) is 13.0 Å². The van der Waals surface area contributed by atoms with Crippen LogP contribution in [0.5, 0.6) is 0 Å². The molecule has 4 N–H and O–H groups in total. The van der Waals surface area contributed by atoms with Gasteiger partial charge in [0.25, 0.3) is 0 Å². The molecular weight excluding hydrogens is 275 g/mol. The largest absolute Gasteiger partial charge is 0.382 e. The normalized spacial score (nSPS) is 13.3. The third-order valence-electron chi connectivity index (χ3n) is 2.02. The first kappa shape index (κ1) is 15.0. The second-order valence-electron chi connectivity index (χ2n) is 3.71.